The van der Waals surface area contributed by atoms with Gasteiger partial charge in [0.15, 0.2) is 15.0 Å². The third-order valence-corrected chi connectivity index (χ3v) is 7.49. The van der Waals surface area contributed by atoms with E-state index in [-0.39, 0.29) is 34.6 Å². The average molecular weight is 411 g/mol. The molecule has 1 saturated heterocycles. The maximum absolute atomic E-state index is 12.3. The molecule has 27 heavy (non-hydrogen) atoms. The van der Waals surface area contributed by atoms with Crippen molar-refractivity contribution in [2.45, 2.75) is 25.1 Å². The Balaban J connectivity index is 1.62. The van der Waals surface area contributed by atoms with Crippen LogP contribution in [0.2, 0.25) is 0 Å². The molecule has 1 fully saturated rings. The van der Waals surface area contributed by atoms with E-state index < -0.39 is 9.84 Å². The standard InChI is InChI=1S/C17H22N4O4S2/c1-10-3-4-12(16(23)19-6-5-18-11(2)22)7-13(10)20-17-21-14-8-27(24,25)9-15(14)26-17/h3-4,7,14-15H,5-6,8-9H2,1-2H3,(H,18,22)(H,19,23)(H,20,21)/t14-,15-/m0/s1. The van der Waals surface area contributed by atoms with Gasteiger partial charge in [-0.3, -0.25) is 14.6 Å². The molecular weight excluding hydrogens is 388 g/mol. The molecule has 8 nitrogen and oxygen atoms in total. The zero-order chi connectivity index (χ0) is 19.6. The normalized spacial score (nSPS) is 22.7. The summed E-state index contributed by atoms with van der Waals surface area (Å²) in [6, 6.07) is 5.13. The lowest BCUT2D eigenvalue weighted by Gasteiger charge is -2.12. The first-order chi connectivity index (χ1) is 12.7. The van der Waals surface area contributed by atoms with Crippen LogP contribution in [-0.4, -0.2) is 61.3 Å². The minimum absolute atomic E-state index is 0.0296. The number of benzene rings is 1. The molecule has 1 aromatic carbocycles. The number of hydrogen-bond acceptors (Lipinski definition) is 7. The second-order valence-corrected chi connectivity index (χ2v) is 10.0. The van der Waals surface area contributed by atoms with Crippen molar-refractivity contribution in [3.05, 3.63) is 29.3 Å². The number of carbonyl (C=O) groups excluding carboxylic acids is 2. The Morgan fingerprint density at radius 3 is 2.67 bits per heavy atom. The molecule has 0 spiro atoms. The Bertz CT molecular complexity index is 898. The van der Waals surface area contributed by atoms with E-state index in [2.05, 4.69) is 20.9 Å². The summed E-state index contributed by atoms with van der Waals surface area (Å²) in [6.45, 7) is 4.06. The topological polar surface area (TPSA) is 117 Å². The van der Waals surface area contributed by atoms with Crippen LogP contribution in [0.1, 0.15) is 22.8 Å². The van der Waals surface area contributed by atoms with Crippen LogP contribution < -0.4 is 16.0 Å². The van der Waals surface area contributed by atoms with Gasteiger partial charge in [0.2, 0.25) is 5.91 Å². The van der Waals surface area contributed by atoms with Crippen molar-refractivity contribution in [2.75, 3.05) is 29.9 Å². The van der Waals surface area contributed by atoms with Gasteiger partial charge in [0.05, 0.1) is 17.5 Å². The number of fused-ring (bicyclic) bond motifs is 1. The fraction of sp³-hybridized carbons (Fsp3) is 0.471. The first kappa shape index (κ1) is 19.7. The Hall–Kier alpha value is -2.07. The second kappa shape index (κ2) is 7.89. The summed E-state index contributed by atoms with van der Waals surface area (Å²) < 4.78 is 23.3. The zero-order valence-corrected chi connectivity index (χ0v) is 16.7. The number of hydrogen-bond donors (Lipinski definition) is 3. The van der Waals surface area contributed by atoms with E-state index in [0.717, 1.165) is 11.3 Å². The molecule has 3 N–H and O–H groups in total. The van der Waals surface area contributed by atoms with E-state index in [1.54, 1.807) is 12.1 Å². The van der Waals surface area contributed by atoms with E-state index in [1.807, 2.05) is 13.0 Å². The van der Waals surface area contributed by atoms with Crippen molar-refractivity contribution < 1.29 is 18.0 Å². The van der Waals surface area contributed by atoms with E-state index in [0.29, 0.717) is 23.8 Å². The average Bonchev–Trinajstić information content (AvgIpc) is 3.05. The molecule has 0 aromatic heterocycles. The summed E-state index contributed by atoms with van der Waals surface area (Å²) in [5.41, 5.74) is 2.22. The Morgan fingerprint density at radius 2 is 1.96 bits per heavy atom. The molecule has 10 heteroatoms. The molecule has 0 bridgehead atoms. The van der Waals surface area contributed by atoms with Crippen molar-refractivity contribution in [1.29, 1.82) is 0 Å². The molecule has 146 valence electrons. The molecule has 2 atom stereocenters. The predicted molar refractivity (Wildman–Crippen MR) is 107 cm³/mol. The third-order valence-electron chi connectivity index (χ3n) is 4.34. The highest BCUT2D eigenvalue weighted by Crippen LogP contribution is 2.35. The molecule has 0 saturated carbocycles. The van der Waals surface area contributed by atoms with Gasteiger partial charge in [-0.05, 0) is 24.6 Å². The van der Waals surface area contributed by atoms with Crippen molar-refractivity contribution in [1.82, 2.24) is 10.6 Å². The number of nitrogens with one attached hydrogen (secondary N) is 3. The SMILES string of the molecule is CC(=O)NCCNC(=O)c1ccc(C)c(NC2=N[C@H]3CS(=O)(=O)C[C@@H]3S2)c1. The number of sulfone groups is 1. The molecule has 0 aliphatic carbocycles. The van der Waals surface area contributed by atoms with Gasteiger partial charge in [-0.25, -0.2) is 8.42 Å². The van der Waals surface area contributed by atoms with E-state index >= 15 is 0 Å². The third kappa shape index (κ3) is 5.01. The van der Waals surface area contributed by atoms with Crippen LogP contribution in [0.25, 0.3) is 0 Å². The fourth-order valence-electron chi connectivity index (χ4n) is 2.95. The first-order valence-corrected chi connectivity index (χ1v) is 11.3. The van der Waals surface area contributed by atoms with Crippen LogP contribution >= 0.6 is 11.8 Å². The molecule has 2 aliphatic heterocycles. The number of carbonyl (C=O) groups is 2. The minimum atomic E-state index is -2.98. The number of amidine groups is 1. The van der Waals surface area contributed by atoms with Gasteiger partial charge in [0.1, 0.15) is 0 Å². The van der Waals surface area contributed by atoms with Crippen LogP contribution in [0.15, 0.2) is 23.2 Å². The lowest BCUT2D eigenvalue weighted by atomic mass is 10.1. The Kier molecular flexibility index (Phi) is 5.75. The number of anilines is 1. The highest BCUT2D eigenvalue weighted by molar-refractivity contribution is 8.15. The summed E-state index contributed by atoms with van der Waals surface area (Å²) in [6.07, 6.45) is 0. The number of rotatable bonds is 5. The zero-order valence-electron chi connectivity index (χ0n) is 15.1. The van der Waals surface area contributed by atoms with E-state index in [1.165, 1.54) is 18.7 Å². The number of nitrogens with zero attached hydrogens (tertiary/aromatic N) is 1. The summed E-state index contributed by atoms with van der Waals surface area (Å²) in [7, 11) is -2.98. The molecule has 2 heterocycles. The number of amides is 2. The van der Waals surface area contributed by atoms with Crippen LogP contribution in [-0.2, 0) is 14.6 Å². The molecule has 2 amide bonds. The molecule has 0 unspecified atom stereocenters. The van der Waals surface area contributed by atoms with Gasteiger partial charge in [-0.15, -0.1) is 0 Å². The van der Waals surface area contributed by atoms with Gasteiger partial charge in [0, 0.05) is 36.5 Å². The van der Waals surface area contributed by atoms with Gasteiger partial charge in [-0.1, -0.05) is 17.8 Å². The van der Waals surface area contributed by atoms with Gasteiger partial charge in [-0.2, -0.15) is 0 Å². The molecule has 0 radical (unpaired) electrons. The maximum Gasteiger partial charge on any atom is 0.251 e. The number of thioether (sulfide) groups is 1. The summed E-state index contributed by atoms with van der Waals surface area (Å²) in [4.78, 5) is 27.6. The van der Waals surface area contributed by atoms with E-state index in [4.69, 9.17) is 0 Å². The molecular formula is C17H22N4O4S2. The molecule has 2 aliphatic rings. The highest BCUT2D eigenvalue weighted by Gasteiger charge is 2.42. The van der Waals surface area contributed by atoms with E-state index in [9.17, 15) is 18.0 Å². The van der Waals surface area contributed by atoms with Crippen molar-refractivity contribution in [2.24, 2.45) is 4.99 Å². The summed E-state index contributed by atoms with van der Waals surface area (Å²) >= 11 is 1.44. The van der Waals surface area contributed by atoms with Gasteiger partial charge < -0.3 is 16.0 Å². The van der Waals surface area contributed by atoms with Crippen LogP contribution in [0.4, 0.5) is 5.69 Å². The fourth-order valence-corrected chi connectivity index (χ4v) is 6.61. The lowest BCUT2D eigenvalue weighted by molar-refractivity contribution is -0.118. The van der Waals surface area contributed by atoms with Crippen LogP contribution in [0.5, 0.6) is 0 Å². The molecule has 1 aromatic rings. The van der Waals surface area contributed by atoms with Crippen LogP contribution in [0.3, 0.4) is 0 Å². The van der Waals surface area contributed by atoms with Gasteiger partial charge >= 0.3 is 0 Å². The first-order valence-electron chi connectivity index (χ1n) is 8.59. The van der Waals surface area contributed by atoms with Crippen molar-refractivity contribution in [3.63, 3.8) is 0 Å². The maximum atomic E-state index is 12.3. The smallest absolute Gasteiger partial charge is 0.251 e. The van der Waals surface area contributed by atoms with Crippen LogP contribution in [0, 0.1) is 6.92 Å². The minimum Gasteiger partial charge on any atom is -0.355 e. The quantitative estimate of drug-likeness (QED) is 0.610. The van der Waals surface area contributed by atoms with Crippen molar-refractivity contribution >= 4 is 44.3 Å². The molecule has 3 rings (SSSR count). The number of aliphatic imine (C=N–C) groups is 1. The largest absolute Gasteiger partial charge is 0.355 e. The second-order valence-electron chi connectivity index (χ2n) is 6.63. The lowest BCUT2D eigenvalue weighted by Crippen LogP contribution is -2.33. The summed E-state index contributed by atoms with van der Waals surface area (Å²) in [5, 5.41) is 9.25. The van der Waals surface area contributed by atoms with Crippen molar-refractivity contribution in [3.8, 4) is 0 Å². The Labute approximate surface area is 162 Å². The monoisotopic (exact) mass is 410 g/mol. The number of aryl methyl sites for hydroxylation is 1. The Morgan fingerprint density at radius 1 is 1.22 bits per heavy atom. The van der Waals surface area contributed by atoms with Gasteiger partial charge in [0.25, 0.3) is 5.91 Å². The summed E-state index contributed by atoms with van der Waals surface area (Å²) in [5.74, 6) is -0.107. The highest BCUT2D eigenvalue weighted by atomic mass is 32.2. The predicted octanol–water partition coefficient (Wildman–Crippen LogP) is 0.541.